The Bertz CT molecular complexity index is 2090. The molecule has 3 heterocycles. The second-order valence-electron chi connectivity index (χ2n) is 11.4. The van der Waals surface area contributed by atoms with E-state index in [2.05, 4.69) is 11.2 Å². The molecule has 1 N–H and O–H groups in total. The van der Waals surface area contributed by atoms with Crippen LogP contribution in [-0.4, -0.2) is 45.7 Å². The van der Waals surface area contributed by atoms with Gasteiger partial charge in [0.2, 0.25) is 15.9 Å². The molecular weight excluding hydrogens is 604 g/mol. The highest BCUT2D eigenvalue weighted by molar-refractivity contribution is 7.89. The molecule has 0 amide bonds. The summed E-state index contributed by atoms with van der Waals surface area (Å²) in [5, 5.41) is 13.7. The predicted octanol–water partition coefficient (Wildman–Crippen LogP) is 6.16. The molecule has 0 aliphatic carbocycles. The van der Waals surface area contributed by atoms with Crippen LogP contribution in [0.2, 0.25) is 0 Å². The molecule has 5 aromatic rings. The number of methoxy groups -OCH3 is 1. The van der Waals surface area contributed by atoms with Crippen molar-refractivity contribution >= 4 is 16.0 Å². The fraction of sp³-hybridized carbons (Fsp3) is 0.229. The number of hydrogen-bond donors (Lipinski definition) is 1. The largest absolute Gasteiger partial charge is 0.488 e. The highest BCUT2D eigenvalue weighted by atomic mass is 32.2. The number of carboxylic acid groups (broad SMARTS) is 1. The zero-order valence-corrected chi connectivity index (χ0v) is 27.1. The Hall–Kier alpha value is -5.00. The van der Waals surface area contributed by atoms with Crippen molar-refractivity contribution in [3.63, 3.8) is 0 Å². The van der Waals surface area contributed by atoms with Gasteiger partial charge in [-0.2, -0.15) is 14.1 Å². The summed E-state index contributed by atoms with van der Waals surface area (Å²) in [7, 11) is -2.26. The third kappa shape index (κ3) is 5.52. The van der Waals surface area contributed by atoms with E-state index in [4.69, 9.17) is 14.5 Å². The second kappa shape index (κ2) is 12.1. The number of carboxylic acids is 1. The third-order valence-corrected chi connectivity index (χ3v) is 10.3. The molecule has 236 valence electrons. The van der Waals surface area contributed by atoms with E-state index in [1.54, 1.807) is 22.5 Å². The van der Waals surface area contributed by atoms with Crippen molar-refractivity contribution in [3.8, 4) is 28.7 Å². The number of rotatable bonds is 9. The summed E-state index contributed by atoms with van der Waals surface area (Å²) in [5.41, 5.74) is 8.30. The molecule has 0 radical (unpaired) electrons. The molecule has 2 aromatic heterocycles. The Labute approximate surface area is 267 Å². The van der Waals surface area contributed by atoms with Crippen molar-refractivity contribution in [1.82, 2.24) is 19.1 Å². The lowest BCUT2D eigenvalue weighted by atomic mass is 9.95. The lowest BCUT2D eigenvalue weighted by molar-refractivity contribution is 0.0693. The van der Waals surface area contributed by atoms with Crippen LogP contribution in [0.25, 0.3) is 17.1 Å². The quantitative estimate of drug-likeness (QED) is 0.204. The first kappa shape index (κ1) is 31.0. The van der Waals surface area contributed by atoms with E-state index in [1.807, 2.05) is 70.2 Å². The van der Waals surface area contributed by atoms with Crippen LogP contribution in [0.1, 0.15) is 49.3 Å². The minimum absolute atomic E-state index is 0.0647. The molecule has 10 nitrogen and oxygen atoms in total. The number of nitrogens with zero attached hydrogens (tertiary/aromatic N) is 4. The van der Waals surface area contributed by atoms with E-state index in [9.17, 15) is 18.3 Å². The van der Waals surface area contributed by atoms with Gasteiger partial charge in [0, 0.05) is 18.7 Å². The Balaban J connectivity index is 1.28. The molecule has 0 spiro atoms. The summed E-state index contributed by atoms with van der Waals surface area (Å²) in [6.07, 6.45) is 1.23. The average molecular weight is 639 g/mol. The van der Waals surface area contributed by atoms with Gasteiger partial charge in [0.15, 0.2) is 5.82 Å². The van der Waals surface area contributed by atoms with Gasteiger partial charge >= 0.3 is 5.97 Å². The van der Waals surface area contributed by atoms with Crippen LogP contribution in [0.3, 0.4) is 0 Å². The summed E-state index contributed by atoms with van der Waals surface area (Å²) >= 11 is 0. The second-order valence-corrected chi connectivity index (χ2v) is 13.4. The summed E-state index contributed by atoms with van der Waals surface area (Å²) in [6, 6.07) is 20.2. The van der Waals surface area contributed by atoms with Gasteiger partial charge < -0.3 is 14.6 Å². The van der Waals surface area contributed by atoms with E-state index in [0.717, 1.165) is 44.5 Å². The lowest BCUT2D eigenvalue weighted by Gasteiger charge is -2.18. The molecule has 0 unspecified atom stereocenters. The maximum Gasteiger partial charge on any atom is 0.342 e. The van der Waals surface area contributed by atoms with Gasteiger partial charge in [0.05, 0.1) is 23.9 Å². The average Bonchev–Trinajstić information content (AvgIpc) is 3.69. The first-order chi connectivity index (χ1) is 22.0. The Morgan fingerprint density at radius 1 is 0.935 bits per heavy atom. The van der Waals surface area contributed by atoms with Crippen molar-refractivity contribution in [3.05, 3.63) is 117 Å². The number of aromatic nitrogens is 3. The minimum Gasteiger partial charge on any atom is -0.488 e. The monoisotopic (exact) mass is 638 g/mol. The number of ether oxygens (including phenoxy) is 2. The number of aryl methyl sites for hydroxylation is 3. The molecular formula is C35H34N4O6S. The van der Waals surface area contributed by atoms with Crippen molar-refractivity contribution in [2.45, 2.75) is 52.3 Å². The van der Waals surface area contributed by atoms with Crippen LogP contribution in [0.4, 0.5) is 0 Å². The molecule has 0 atom stereocenters. The first-order valence-electron chi connectivity index (χ1n) is 14.7. The van der Waals surface area contributed by atoms with E-state index < -0.39 is 16.0 Å². The Kier molecular flexibility index (Phi) is 8.13. The smallest absolute Gasteiger partial charge is 0.342 e. The summed E-state index contributed by atoms with van der Waals surface area (Å²) in [6.45, 7) is 8.84. The van der Waals surface area contributed by atoms with Crippen molar-refractivity contribution in [1.29, 1.82) is 0 Å². The van der Waals surface area contributed by atoms with Crippen molar-refractivity contribution in [2.24, 2.45) is 0 Å². The topological polar surface area (TPSA) is 124 Å². The molecule has 0 saturated carbocycles. The maximum absolute atomic E-state index is 13.5. The number of carbonyl (C=O) groups is 1. The fourth-order valence-electron chi connectivity index (χ4n) is 5.87. The van der Waals surface area contributed by atoms with Crippen molar-refractivity contribution in [2.75, 3.05) is 7.11 Å². The molecule has 11 heteroatoms. The van der Waals surface area contributed by atoms with Gasteiger partial charge in [0.1, 0.15) is 17.9 Å². The SMILES string of the molecule is COc1c(C(=O)O)cnn1-c1cccc(-c2cccc(C)c2OCc2cc(C)c3c(c2C)CN(S(=O)(=O)c2ccc(C)cc2)C3)n1. The summed E-state index contributed by atoms with van der Waals surface area (Å²) in [4.78, 5) is 16.7. The lowest BCUT2D eigenvalue weighted by Crippen LogP contribution is -2.25. The number of sulfonamides is 1. The fourth-order valence-corrected chi connectivity index (χ4v) is 7.24. The molecule has 0 bridgehead atoms. The molecule has 0 fully saturated rings. The van der Waals surface area contributed by atoms with E-state index in [1.165, 1.54) is 18.0 Å². The van der Waals surface area contributed by atoms with E-state index in [-0.39, 0.29) is 18.1 Å². The number of hydrogen-bond acceptors (Lipinski definition) is 7. The maximum atomic E-state index is 13.5. The Morgan fingerprint density at radius 2 is 1.65 bits per heavy atom. The van der Waals surface area contributed by atoms with Crippen LogP contribution >= 0.6 is 0 Å². The number of aromatic carboxylic acids is 1. The van der Waals surface area contributed by atoms with Gasteiger partial charge in [-0.05, 0) is 91.4 Å². The molecule has 46 heavy (non-hydrogen) atoms. The highest BCUT2D eigenvalue weighted by Crippen LogP contribution is 2.37. The highest BCUT2D eigenvalue weighted by Gasteiger charge is 2.33. The first-order valence-corrected chi connectivity index (χ1v) is 16.2. The summed E-state index contributed by atoms with van der Waals surface area (Å²) < 4.78 is 41.7. The zero-order valence-electron chi connectivity index (χ0n) is 26.2. The van der Waals surface area contributed by atoms with Gasteiger partial charge in [-0.25, -0.2) is 18.2 Å². The van der Waals surface area contributed by atoms with Crippen LogP contribution in [0, 0.1) is 27.7 Å². The molecule has 1 aliphatic rings. The zero-order chi connectivity index (χ0) is 32.7. The van der Waals surface area contributed by atoms with Gasteiger partial charge in [-0.15, -0.1) is 0 Å². The van der Waals surface area contributed by atoms with E-state index in [0.29, 0.717) is 35.2 Å². The molecule has 6 rings (SSSR count). The molecule has 1 aliphatic heterocycles. The van der Waals surface area contributed by atoms with Crippen molar-refractivity contribution < 1.29 is 27.8 Å². The Morgan fingerprint density at radius 3 is 2.37 bits per heavy atom. The normalized spacial score (nSPS) is 13.1. The number of para-hydroxylation sites is 1. The van der Waals surface area contributed by atoms with Crippen LogP contribution in [0.15, 0.2) is 77.8 Å². The van der Waals surface area contributed by atoms with E-state index >= 15 is 0 Å². The molecule has 3 aromatic carbocycles. The predicted molar refractivity (Wildman–Crippen MR) is 173 cm³/mol. The van der Waals surface area contributed by atoms with Crippen LogP contribution < -0.4 is 9.47 Å². The van der Waals surface area contributed by atoms with Gasteiger partial charge in [-0.1, -0.05) is 42.0 Å². The minimum atomic E-state index is -3.65. The number of benzene rings is 3. The number of pyridine rings is 1. The van der Waals surface area contributed by atoms with Gasteiger partial charge in [-0.3, -0.25) is 0 Å². The number of fused-ring (bicyclic) bond motifs is 1. The molecule has 0 saturated heterocycles. The third-order valence-electron chi connectivity index (χ3n) is 8.45. The standard InChI is InChI=1S/C35H34N4O6S/c1-21-12-14-26(15-13-21)46(42,43)38-18-29-23(3)16-25(24(4)30(29)19-38)20-45-33-22(2)8-6-9-27(33)31-10-7-11-32(37-31)39-34(44-5)28(17-36-39)35(40)41/h6-17H,18-20H2,1-5H3,(H,40,41). The van der Waals surface area contributed by atoms with Crippen LogP contribution in [0.5, 0.6) is 11.6 Å². The van der Waals surface area contributed by atoms with Gasteiger partial charge in [0.25, 0.3) is 0 Å². The summed E-state index contributed by atoms with van der Waals surface area (Å²) in [5.74, 6) is -0.0201. The van der Waals surface area contributed by atoms with Crippen LogP contribution in [-0.2, 0) is 29.7 Å².